The molecule has 3 aromatic heterocycles. The number of aromatic nitrogens is 4. The topological polar surface area (TPSA) is 84.7 Å². The quantitative estimate of drug-likeness (QED) is 0.504. The van der Waals surface area contributed by atoms with Gasteiger partial charge in [-0.15, -0.1) is 0 Å². The maximum absolute atomic E-state index is 12.2. The Morgan fingerprint density at radius 2 is 1.97 bits per heavy atom. The summed E-state index contributed by atoms with van der Waals surface area (Å²) in [6.07, 6.45) is 5.38. The van der Waals surface area contributed by atoms with Crippen LogP contribution >= 0.6 is 0 Å². The number of fused-ring (bicyclic) bond motifs is 2. The molecular formula is C24H22N6O. The zero-order valence-corrected chi connectivity index (χ0v) is 17.7. The molecule has 0 spiro atoms. The van der Waals surface area contributed by atoms with Crippen LogP contribution in [0.2, 0.25) is 0 Å². The average molecular weight is 410 g/mol. The number of imidazole rings is 1. The van der Waals surface area contributed by atoms with Crippen LogP contribution in [0.1, 0.15) is 29.8 Å². The molecule has 1 aliphatic carbocycles. The Morgan fingerprint density at radius 1 is 1.13 bits per heavy atom. The SMILES string of the molecule is CNc1ncc(C#Cc2ccc3nc(C)n(C)c3c2)c2cc(NC(=O)C3CC3)ncc12. The van der Waals surface area contributed by atoms with E-state index >= 15 is 0 Å². The van der Waals surface area contributed by atoms with Crippen LogP contribution in [0.25, 0.3) is 21.8 Å². The second-order valence-electron chi connectivity index (χ2n) is 7.82. The molecule has 1 aliphatic rings. The van der Waals surface area contributed by atoms with Crippen molar-refractivity contribution in [3.05, 3.63) is 53.6 Å². The van der Waals surface area contributed by atoms with Gasteiger partial charge in [-0.05, 0) is 44.0 Å². The third kappa shape index (κ3) is 3.57. The molecule has 0 bridgehead atoms. The monoisotopic (exact) mass is 410 g/mol. The van der Waals surface area contributed by atoms with Gasteiger partial charge in [0.1, 0.15) is 17.5 Å². The van der Waals surface area contributed by atoms with E-state index in [-0.39, 0.29) is 11.8 Å². The van der Waals surface area contributed by atoms with Crippen molar-refractivity contribution in [1.82, 2.24) is 19.5 Å². The molecule has 1 amide bonds. The minimum absolute atomic E-state index is 0.0298. The van der Waals surface area contributed by atoms with Gasteiger partial charge < -0.3 is 15.2 Å². The van der Waals surface area contributed by atoms with Crippen LogP contribution in [0.3, 0.4) is 0 Å². The Labute approximate surface area is 179 Å². The first-order valence-electron chi connectivity index (χ1n) is 10.3. The van der Waals surface area contributed by atoms with Crippen molar-refractivity contribution in [2.24, 2.45) is 13.0 Å². The second-order valence-corrected chi connectivity index (χ2v) is 7.82. The van der Waals surface area contributed by atoms with Gasteiger partial charge in [0.15, 0.2) is 0 Å². The normalized spacial score (nSPS) is 13.1. The van der Waals surface area contributed by atoms with Gasteiger partial charge in [0.25, 0.3) is 0 Å². The number of nitrogens with one attached hydrogen (secondary N) is 2. The molecule has 0 unspecified atom stereocenters. The van der Waals surface area contributed by atoms with Gasteiger partial charge in [0.05, 0.1) is 16.6 Å². The zero-order valence-electron chi connectivity index (χ0n) is 17.7. The fraction of sp³-hybridized carbons (Fsp3) is 0.250. The van der Waals surface area contributed by atoms with Crippen LogP contribution in [0.4, 0.5) is 11.6 Å². The number of hydrogen-bond acceptors (Lipinski definition) is 5. The van der Waals surface area contributed by atoms with Crippen molar-refractivity contribution in [3.63, 3.8) is 0 Å². The summed E-state index contributed by atoms with van der Waals surface area (Å²) in [7, 11) is 3.82. The highest BCUT2D eigenvalue weighted by Crippen LogP contribution is 2.31. The van der Waals surface area contributed by atoms with Crippen LogP contribution in [-0.2, 0) is 11.8 Å². The summed E-state index contributed by atoms with van der Waals surface area (Å²) in [5, 5.41) is 7.76. The van der Waals surface area contributed by atoms with E-state index in [4.69, 9.17) is 0 Å². The first-order chi connectivity index (χ1) is 15.0. The van der Waals surface area contributed by atoms with Gasteiger partial charge >= 0.3 is 0 Å². The number of carbonyl (C=O) groups excluding carboxylic acids is 1. The zero-order chi connectivity index (χ0) is 21.5. The smallest absolute Gasteiger partial charge is 0.228 e. The molecule has 7 nitrogen and oxygen atoms in total. The number of nitrogens with zero attached hydrogens (tertiary/aromatic N) is 4. The van der Waals surface area contributed by atoms with E-state index in [1.165, 1.54) is 0 Å². The van der Waals surface area contributed by atoms with Crippen molar-refractivity contribution in [3.8, 4) is 11.8 Å². The van der Waals surface area contributed by atoms with Crippen LogP contribution in [0, 0.1) is 24.7 Å². The standard InChI is InChI=1S/C24H22N6O/c1-14-28-20-9-5-15(10-21(20)30(14)3)4-6-17-12-27-23(25-2)19-13-26-22(11-18(17)19)29-24(31)16-7-8-16/h5,9-13,16H,7-8H2,1-3H3,(H,25,27)(H,26,29,31). The Balaban J connectivity index is 1.56. The van der Waals surface area contributed by atoms with Gasteiger partial charge in [0.2, 0.25) is 5.91 Å². The van der Waals surface area contributed by atoms with E-state index in [9.17, 15) is 4.79 Å². The van der Waals surface area contributed by atoms with Gasteiger partial charge in [0, 0.05) is 48.7 Å². The summed E-state index contributed by atoms with van der Waals surface area (Å²) < 4.78 is 2.06. The Hall–Kier alpha value is -3.92. The van der Waals surface area contributed by atoms with E-state index in [2.05, 4.69) is 42.0 Å². The third-order valence-corrected chi connectivity index (χ3v) is 5.65. The Morgan fingerprint density at radius 3 is 2.74 bits per heavy atom. The Bertz CT molecular complexity index is 1400. The molecular weight excluding hydrogens is 388 g/mol. The number of pyridine rings is 2. The van der Waals surface area contributed by atoms with Crippen LogP contribution in [-0.4, -0.2) is 32.5 Å². The molecule has 0 radical (unpaired) electrons. The largest absolute Gasteiger partial charge is 0.373 e. The van der Waals surface area contributed by atoms with E-state index in [1.54, 1.807) is 12.4 Å². The lowest BCUT2D eigenvalue weighted by atomic mass is 10.1. The lowest BCUT2D eigenvalue weighted by Crippen LogP contribution is -2.14. The first-order valence-corrected chi connectivity index (χ1v) is 10.3. The molecule has 1 saturated carbocycles. The maximum atomic E-state index is 12.2. The summed E-state index contributed by atoms with van der Waals surface area (Å²) in [5.41, 5.74) is 3.68. The molecule has 0 atom stereocenters. The van der Waals surface area contributed by atoms with Crippen molar-refractivity contribution in [1.29, 1.82) is 0 Å². The van der Waals surface area contributed by atoms with E-state index < -0.39 is 0 Å². The summed E-state index contributed by atoms with van der Waals surface area (Å²) in [5.74, 6) is 8.87. The predicted molar refractivity (Wildman–Crippen MR) is 122 cm³/mol. The number of hydrogen-bond donors (Lipinski definition) is 2. The molecule has 154 valence electrons. The predicted octanol–water partition coefficient (Wildman–Crippen LogP) is 3.61. The molecule has 4 aromatic rings. The lowest BCUT2D eigenvalue weighted by Gasteiger charge is -2.09. The molecule has 31 heavy (non-hydrogen) atoms. The minimum atomic E-state index is 0.0298. The molecule has 1 aromatic carbocycles. The average Bonchev–Trinajstić information content (AvgIpc) is 3.59. The molecule has 0 saturated heterocycles. The van der Waals surface area contributed by atoms with E-state index in [1.807, 2.05) is 45.3 Å². The highest BCUT2D eigenvalue weighted by molar-refractivity contribution is 5.99. The summed E-state index contributed by atoms with van der Waals surface area (Å²) in [6, 6.07) is 7.88. The number of anilines is 2. The van der Waals surface area contributed by atoms with E-state index in [0.717, 1.165) is 57.4 Å². The lowest BCUT2D eigenvalue weighted by molar-refractivity contribution is -0.117. The van der Waals surface area contributed by atoms with Crippen LogP contribution < -0.4 is 10.6 Å². The summed E-state index contributed by atoms with van der Waals surface area (Å²) >= 11 is 0. The van der Waals surface area contributed by atoms with Crippen LogP contribution in [0.15, 0.2) is 36.7 Å². The number of carbonyl (C=O) groups is 1. The number of rotatable bonds is 3. The second kappa shape index (κ2) is 7.40. The number of aryl methyl sites for hydroxylation is 2. The van der Waals surface area contributed by atoms with Crippen LogP contribution in [0.5, 0.6) is 0 Å². The Kier molecular flexibility index (Phi) is 4.55. The van der Waals surface area contributed by atoms with Crippen molar-refractivity contribution >= 4 is 39.3 Å². The molecule has 1 fully saturated rings. The molecule has 0 aliphatic heterocycles. The number of amides is 1. The van der Waals surface area contributed by atoms with Crippen molar-refractivity contribution in [2.75, 3.05) is 17.7 Å². The van der Waals surface area contributed by atoms with Gasteiger partial charge in [-0.2, -0.15) is 0 Å². The molecule has 3 heterocycles. The van der Waals surface area contributed by atoms with Gasteiger partial charge in [-0.1, -0.05) is 11.8 Å². The molecule has 2 N–H and O–H groups in total. The van der Waals surface area contributed by atoms with Crippen molar-refractivity contribution < 1.29 is 4.79 Å². The maximum Gasteiger partial charge on any atom is 0.228 e. The van der Waals surface area contributed by atoms with Gasteiger partial charge in [-0.3, -0.25) is 4.79 Å². The van der Waals surface area contributed by atoms with E-state index in [0.29, 0.717) is 5.82 Å². The highest BCUT2D eigenvalue weighted by Gasteiger charge is 2.29. The fourth-order valence-corrected chi connectivity index (χ4v) is 3.60. The summed E-state index contributed by atoms with van der Waals surface area (Å²) in [6.45, 7) is 1.99. The molecule has 5 rings (SSSR count). The minimum Gasteiger partial charge on any atom is -0.373 e. The number of benzene rings is 1. The fourth-order valence-electron chi connectivity index (χ4n) is 3.60. The first kappa shape index (κ1) is 19.1. The third-order valence-electron chi connectivity index (χ3n) is 5.65. The highest BCUT2D eigenvalue weighted by atomic mass is 16.2. The van der Waals surface area contributed by atoms with Gasteiger partial charge in [-0.25, -0.2) is 15.0 Å². The molecule has 7 heteroatoms. The van der Waals surface area contributed by atoms with Crippen molar-refractivity contribution in [2.45, 2.75) is 19.8 Å². The summed E-state index contributed by atoms with van der Waals surface area (Å²) in [4.78, 5) is 25.6.